The number of benzene rings is 1. The second-order valence-corrected chi connectivity index (χ2v) is 5.29. The Balaban J connectivity index is 2.16. The molecule has 1 aromatic carbocycles. The molecule has 0 spiro atoms. The molecule has 6 heteroatoms. The van der Waals surface area contributed by atoms with E-state index in [2.05, 4.69) is 0 Å². The van der Waals surface area contributed by atoms with E-state index in [0.29, 0.717) is 17.2 Å². The largest absolute Gasteiger partial charge is 0.396 e. The average Bonchev–Trinajstić information content (AvgIpc) is 2.40. The van der Waals surface area contributed by atoms with Gasteiger partial charge in [0.25, 0.3) is 5.69 Å². The van der Waals surface area contributed by atoms with Crippen LogP contribution in [0.3, 0.4) is 0 Å². The van der Waals surface area contributed by atoms with Crippen molar-refractivity contribution < 1.29 is 14.4 Å². The van der Waals surface area contributed by atoms with Crippen molar-refractivity contribution in [1.82, 2.24) is 0 Å². The lowest BCUT2D eigenvalue weighted by atomic mass is 9.93. The molecule has 0 amide bonds. The number of hydrogen-bond acceptors (Lipinski definition) is 4. The zero-order valence-electron chi connectivity index (χ0n) is 11.5. The van der Waals surface area contributed by atoms with Crippen LogP contribution in [0.2, 0.25) is 0 Å². The topological polar surface area (TPSA) is 66.6 Å². The lowest BCUT2D eigenvalue weighted by Gasteiger charge is -2.34. The maximum absolute atomic E-state index is 14.1. The Bertz CT molecular complexity index is 476. The lowest BCUT2D eigenvalue weighted by Crippen LogP contribution is -2.35. The maximum Gasteiger partial charge on any atom is 0.272 e. The molecule has 5 nitrogen and oxygen atoms in total. The molecule has 0 aliphatic carbocycles. The first-order chi connectivity index (χ1) is 9.52. The fraction of sp³-hybridized carbons (Fsp3) is 0.571. The van der Waals surface area contributed by atoms with E-state index in [4.69, 9.17) is 5.11 Å². The summed E-state index contributed by atoms with van der Waals surface area (Å²) in [4.78, 5) is 12.1. The lowest BCUT2D eigenvalue weighted by molar-refractivity contribution is -0.385. The number of nitro benzene ring substituents is 1. The highest BCUT2D eigenvalue weighted by Gasteiger charge is 2.24. The molecule has 1 fully saturated rings. The number of nitro groups is 1. The average molecular weight is 282 g/mol. The minimum atomic E-state index is -0.576. The quantitative estimate of drug-likeness (QED) is 0.681. The monoisotopic (exact) mass is 282 g/mol. The molecule has 2 rings (SSSR count). The van der Waals surface area contributed by atoms with E-state index in [-0.39, 0.29) is 12.3 Å². The van der Waals surface area contributed by atoms with Gasteiger partial charge in [-0.05, 0) is 37.7 Å². The van der Waals surface area contributed by atoms with Gasteiger partial charge in [-0.25, -0.2) is 4.39 Å². The molecule has 1 N–H and O–H groups in total. The van der Waals surface area contributed by atoms with Gasteiger partial charge in [-0.2, -0.15) is 0 Å². The van der Waals surface area contributed by atoms with Gasteiger partial charge in [-0.1, -0.05) is 0 Å². The fourth-order valence-electron chi connectivity index (χ4n) is 2.85. The number of aliphatic hydroxyl groups excluding tert-OH is 1. The SMILES string of the molecule is Cc1cc([N+](=O)[O-])cc(F)c1N1CCC(CCO)CC1. The maximum atomic E-state index is 14.1. The van der Waals surface area contributed by atoms with Gasteiger partial charge in [0.05, 0.1) is 16.7 Å². The van der Waals surface area contributed by atoms with E-state index in [9.17, 15) is 14.5 Å². The first kappa shape index (κ1) is 14.7. The van der Waals surface area contributed by atoms with Crippen LogP contribution in [0.4, 0.5) is 15.8 Å². The summed E-state index contributed by atoms with van der Waals surface area (Å²) in [5.41, 5.74) is 0.856. The van der Waals surface area contributed by atoms with Crippen molar-refractivity contribution in [2.45, 2.75) is 26.2 Å². The number of hydrogen-bond donors (Lipinski definition) is 1. The second kappa shape index (κ2) is 6.17. The molecule has 0 aromatic heterocycles. The summed E-state index contributed by atoms with van der Waals surface area (Å²) in [5.74, 6) is -0.0463. The molecule has 0 atom stereocenters. The zero-order chi connectivity index (χ0) is 14.7. The molecule has 1 saturated heterocycles. The highest BCUT2D eigenvalue weighted by Crippen LogP contribution is 2.32. The predicted molar refractivity (Wildman–Crippen MR) is 74.4 cm³/mol. The third-order valence-electron chi connectivity index (χ3n) is 3.92. The number of nitrogens with zero attached hydrogens (tertiary/aromatic N) is 2. The smallest absolute Gasteiger partial charge is 0.272 e. The van der Waals surface area contributed by atoms with Crippen LogP contribution >= 0.6 is 0 Å². The van der Waals surface area contributed by atoms with Crippen LogP contribution < -0.4 is 4.90 Å². The van der Waals surface area contributed by atoms with Crippen LogP contribution in [0.1, 0.15) is 24.8 Å². The summed E-state index contributed by atoms with van der Waals surface area (Å²) >= 11 is 0. The summed E-state index contributed by atoms with van der Waals surface area (Å²) in [6, 6.07) is 2.40. The Kier molecular flexibility index (Phi) is 4.54. The number of anilines is 1. The molecule has 1 heterocycles. The summed E-state index contributed by atoms with van der Waals surface area (Å²) in [6.45, 7) is 3.33. The Labute approximate surface area is 117 Å². The molecule has 0 bridgehead atoms. The number of rotatable bonds is 4. The summed E-state index contributed by atoms with van der Waals surface area (Å²) in [7, 11) is 0. The van der Waals surface area contributed by atoms with E-state index in [1.54, 1.807) is 6.92 Å². The molecule has 0 saturated carbocycles. The number of halogens is 1. The second-order valence-electron chi connectivity index (χ2n) is 5.29. The van der Waals surface area contributed by atoms with Gasteiger partial charge in [0.15, 0.2) is 5.82 Å². The van der Waals surface area contributed by atoms with Gasteiger partial charge in [-0.3, -0.25) is 10.1 Å². The van der Waals surface area contributed by atoms with E-state index in [0.717, 1.165) is 38.4 Å². The van der Waals surface area contributed by atoms with Crippen LogP contribution in [-0.2, 0) is 0 Å². The third kappa shape index (κ3) is 3.07. The molecule has 1 aromatic rings. The number of aliphatic hydroxyl groups is 1. The van der Waals surface area contributed by atoms with E-state index in [1.807, 2.05) is 4.90 Å². The minimum Gasteiger partial charge on any atom is -0.396 e. The van der Waals surface area contributed by atoms with Gasteiger partial charge in [0.1, 0.15) is 0 Å². The Morgan fingerprint density at radius 1 is 1.45 bits per heavy atom. The van der Waals surface area contributed by atoms with E-state index in [1.165, 1.54) is 6.07 Å². The fourth-order valence-corrected chi connectivity index (χ4v) is 2.85. The van der Waals surface area contributed by atoms with Crippen LogP contribution in [-0.4, -0.2) is 29.7 Å². The van der Waals surface area contributed by atoms with Gasteiger partial charge in [-0.15, -0.1) is 0 Å². The van der Waals surface area contributed by atoms with Gasteiger partial charge < -0.3 is 10.0 Å². The first-order valence-corrected chi connectivity index (χ1v) is 6.83. The molecule has 110 valence electrons. The third-order valence-corrected chi connectivity index (χ3v) is 3.92. The summed E-state index contributed by atoms with van der Waals surface area (Å²) < 4.78 is 14.1. The van der Waals surface area contributed by atoms with Crippen molar-refractivity contribution in [2.75, 3.05) is 24.6 Å². The van der Waals surface area contributed by atoms with Gasteiger partial charge >= 0.3 is 0 Å². The Hall–Kier alpha value is -1.69. The van der Waals surface area contributed by atoms with Gasteiger partial charge in [0.2, 0.25) is 0 Å². The van der Waals surface area contributed by atoms with Gasteiger partial charge in [0, 0.05) is 25.8 Å². The standard InChI is InChI=1S/C14H19FN2O3/c1-10-8-12(17(19)20)9-13(15)14(10)16-5-2-11(3-6-16)4-7-18/h8-9,11,18H,2-7H2,1H3. The molecule has 20 heavy (non-hydrogen) atoms. The normalized spacial score (nSPS) is 16.4. The van der Waals surface area contributed by atoms with Crippen molar-refractivity contribution in [3.05, 3.63) is 33.6 Å². The van der Waals surface area contributed by atoms with Crippen molar-refractivity contribution in [1.29, 1.82) is 0 Å². The first-order valence-electron chi connectivity index (χ1n) is 6.83. The molecular weight excluding hydrogens is 263 g/mol. The van der Waals surface area contributed by atoms with Crippen molar-refractivity contribution in [3.63, 3.8) is 0 Å². The van der Waals surface area contributed by atoms with Crippen LogP contribution in [0.15, 0.2) is 12.1 Å². The Morgan fingerprint density at radius 2 is 2.10 bits per heavy atom. The zero-order valence-corrected chi connectivity index (χ0v) is 11.5. The predicted octanol–water partition coefficient (Wildman–Crippen LogP) is 2.64. The summed E-state index contributed by atoms with van der Waals surface area (Å²) in [5, 5.41) is 19.6. The molecule has 1 aliphatic rings. The van der Waals surface area contributed by atoms with Crippen molar-refractivity contribution in [3.8, 4) is 0 Å². The van der Waals surface area contributed by atoms with Crippen LogP contribution in [0.25, 0.3) is 0 Å². The van der Waals surface area contributed by atoms with E-state index >= 15 is 0 Å². The number of aryl methyl sites for hydroxylation is 1. The van der Waals surface area contributed by atoms with Crippen LogP contribution in [0, 0.1) is 28.8 Å². The van der Waals surface area contributed by atoms with E-state index < -0.39 is 10.7 Å². The highest BCUT2D eigenvalue weighted by atomic mass is 19.1. The summed E-state index contributed by atoms with van der Waals surface area (Å²) in [6.07, 6.45) is 2.61. The Morgan fingerprint density at radius 3 is 2.60 bits per heavy atom. The number of non-ortho nitro benzene ring substituents is 1. The van der Waals surface area contributed by atoms with Crippen LogP contribution in [0.5, 0.6) is 0 Å². The molecule has 1 aliphatic heterocycles. The molecular formula is C14H19FN2O3. The molecule has 0 radical (unpaired) electrons. The molecule has 0 unspecified atom stereocenters. The number of piperidine rings is 1. The highest BCUT2D eigenvalue weighted by molar-refractivity contribution is 5.58. The minimum absolute atomic E-state index is 0.190. The van der Waals surface area contributed by atoms with Crippen molar-refractivity contribution in [2.24, 2.45) is 5.92 Å². The van der Waals surface area contributed by atoms with Crippen molar-refractivity contribution >= 4 is 11.4 Å².